The molecule has 6 nitrogen and oxygen atoms in total. The molecule has 0 fully saturated rings. The summed E-state index contributed by atoms with van der Waals surface area (Å²) in [4.78, 5) is 14.4. The lowest BCUT2D eigenvalue weighted by atomic mass is 9.87. The second-order valence-electron chi connectivity index (χ2n) is 8.54. The molecule has 31 heavy (non-hydrogen) atoms. The Kier molecular flexibility index (Phi) is 6.67. The van der Waals surface area contributed by atoms with E-state index in [-0.39, 0.29) is 22.8 Å². The molecule has 1 heterocycles. The molecule has 164 valence electrons. The first kappa shape index (κ1) is 22.8. The van der Waals surface area contributed by atoms with Gasteiger partial charge in [-0.1, -0.05) is 45.0 Å². The van der Waals surface area contributed by atoms with Crippen molar-refractivity contribution in [2.45, 2.75) is 44.2 Å². The van der Waals surface area contributed by atoms with Crippen LogP contribution in [0.15, 0.2) is 76.2 Å². The molecule has 0 unspecified atom stereocenters. The first-order valence-electron chi connectivity index (χ1n) is 10.0. The second kappa shape index (κ2) is 9.08. The summed E-state index contributed by atoms with van der Waals surface area (Å²) in [5, 5.41) is 0. The highest BCUT2D eigenvalue weighted by atomic mass is 32.2. The molecule has 1 N–H and O–H groups in total. The molecule has 1 amide bonds. The topological polar surface area (TPSA) is 79.6 Å². The van der Waals surface area contributed by atoms with Crippen LogP contribution in [0.1, 0.15) is 48.0 Å². The van der Waals surface area contributed by atoms with Crippen LogP contribution in [0, 0.1) is 0 Å². The molecule has 0 saturated carbocycles. The van der Waals surface area contributed by atoms with Gasteiger partial charge >= 0.3 is 0 Å². The molecule has 0 bridgehead atoms. The van der Waals surface area contributed by atoms with E-state index >= 15 is 0 Å². The molecule has 1 aromatic heterocycles. The highest BCUT2D eigenvalue weighted by Crippen LogP contribution is 2.23. The number of benzene rings is 2. The fourth-order valence-corrected chi connectivity index (χ4v) is 4.11. The maximum atomic E-state index is 12.6. The third-order valence-electron chi connectivity index (χ3n) is 5.02. The largest absolute Gasteiger partial charge is 0.467 e. The molecular weight excluding hydrogens is 412 g/mol. The third kappa shape index (κ3) is 5.83. The molecule has 7 heteroatoms. The fourth-order valence-electron chi connectivity index (χ4n) is 3.09. The van der Waals surface area contributed by atoms with Gasteiger partial charge in [-0.2, -0.15) is 0 Å². The second-order valence-corrected chi connectivity index (χ2v) is 10.3. The molecular formula is C24H28N2O4S. The van der Waals surface area contributed by atoms with E-state index in [1.165, 1.54) is 0 Å². The van der Waals surface area contributed by atoms with E-state index in [2.05, 4.69) is 25.5 Å². The van der Waals surface area contributed by atoms with Gasteiger partial charge in [0.25, 0.3) is 5.91 Å². The average Bonchev–Trinajstić information content (AvgIpc) is 3.24. The minimum absolute atomic E-state index is 0.0407. The van der Waals surface area contributed by atoms with E-state index in [0.29, 0.717) is 17.9 Å². The Morgan fingerprint density at radius 1 is 1.00 bits per heavy atom. The van der Waals surface area contributed by atoms with Crippen molar-refractivity contribution in [3.63, 3.8) is 0 Å². The zero-order valence-electron chi connectivity index (χ0n) is 18.3. The molecule has 3 aromatic rings. The summed E-state index contributed by atoms with van der Waals surface area (Å²) < 4.78 is 33.1. The minimum atomic E-state index is -3.63. The predicted molar refractivity (Wildman–Crippen MR) is 120 cm³/mol. The van der Waals surface area contributed by atoms with E-state index in [1.807, 2.05) is 18.2 Å². The predicted octanol–water partition coefficient (Wildman–Crippen LogP) is 4.33. The van der Waals surface area contributed by atoms with Crippen molar-refractivity contribution >= 4 is 15.9 Å². The van der Waals surface area contributed by atoms with Gasteiger partial charge in [-0.3, -0.25) is 4.79 Å². The van der Waals surface area contributed by atoms with Gasteiger partial charge in [0.2, 0.25) is 10.0 Å². The number of rotatable bonds is 7. The first-order valence-corrected chi connectivity index (χ1v) is 11.5. The Labute approximate surface area is 183 Å². The van der Waals surface area contributed by atoms with E-state index in [9.17, 15) is 13.2 Å². The molecule has 0 aliphatic rings. The number of nitrogens with one attached hydrogen (secondary N) is 1. The maximum absolute atomic E-state index is 12.6. The van der Waals surface area contributed by atoms with Crippen LogP contribution in [0.25, 0.3) is 0 Å². The third-order valence-corrected chi connectivity index (χ3v) is 6.43. The Bertz CT molecular complexity index is 1110. The summed E-state index contributed by atoms with van der Waals surface area (Å²) in [7, 11) is -1.92. The van der Waals surface area contributed by atoms with Crippen LogP contribution in [0.4, 0.5) is 0 Å². The zero-order valence-corrected chi connectivity index (χ0v) is 19.1. The van der Waals surface area contributed by atoms with Crippen LogP contribution >= 0.6 is 0 Å². The summed E-state index contributed by atoms with van der Waals surface area (Å²) in [6.45, 7) is 6.76. The number of nitrogens with zero attached hydrogens (tertiary/aromatic N) is 1. The summed E-state index contributed by atoms with van der Waals surface area (Å²) in [5.74, 6) is 0.569. The number of carbonyl (C=O) groups is 1. The van der Waals surface area contributed by atoms with E-state index in [4.69, 9.17) is 4.42 Å². The SMILES string of the molecule is CN(Cc1ccco1)C(=O)c1ccc(CNS(=O)(=O)c2ccc(C(C)(C)C)cc2)cc1. The molecule has 0 atom stereocenters. The summed E-state index contributed by atoms with van der Waals surface area (Å²) >= 11 is 0. The lowest BCUT2D eigenvalue weighted by Gasteiger charge is -2.19. The van der Waals surface area contributed by atoms with Gasteiger partial charge in [0.05, 0.1) is 17.7 Å². The maximum Gasteiger partial charge on any atom is 0.254 e. The van der Waals surface area contributed by atoms with Crippen LogP contribution < -0.4 is 4.72 Å². The Balaban J connectivity index is 1.61. The number of hydrogen-bond acceptors (Lipinski definition) is 4. The van der Waals surface area contributed by atoms with Crippen LogP contribution in [-0.2, 0) is 28.5 Å². The number of hydrogen-bond donors (Lipinski definition) is 1. The van der Waals surface area contributed by atoms with E-state index < -0.39 is 10.0 Å². The number of amides is 1. The van der Waals surface area contributed by atoms with Gasteiger partial charge in [-0.05, 0) is 52.9 Å². The molecule has 2 aromatic carbocycles. The molecule has 0 aliphatic heterocycles. The van der Waals surface area contributed by atoms with Crippen molar-refractivity contribution < 1.29 is 17.6 Å². The van der Waals surface area contributed by atoms with Crippen molar-refractivity contribution in [3.8, 4) is 0 Å². The molecule has 0 spiro atoms. The highest BCUT2D eigenvalue weighted by Gasteiger charge is 2.18. The van der Waals surface area contributed by atoms with E-state index in [1.54, 1.807) is 60.7 Å². The van der Waals surface area contributed by atoms with Crippen LogP contribution in [-0.4, -0.2) is 26.3 Å². The van der Waals surface area contributed by atoms with E-state index in [0.717, 1.165) is 11.1 Å². The molecule has 0 radical (unpaired) electrons. The van der Waals surface area contributed by atoms with Crippen molar-refractivity contribution in [1.29, 1.82) is 0 Å². The number of furan rings is 1. The van der Waals surface area contributed by atoms with Gasteiger partial charge < -0.3 is 9.32 Å². The monoisotopic (exact) mass is 440 g/mol. The Hall–Kier alpha value is -2.90. The van der Waals surface area contributed by atoms with Gasteiger partial charge in [-0.25, -0.2) is 13.1 Å². The van der Waals surface area contributed by atoms with Crippen molar-refractivity contribution in [3.05, 3.63) is 89.4 Å². The quantitative estimate of drug-likeness (QED) is 0.593. The normalized spacial score (nSPS) is 12.0. The van der Waals surface area contributed by atoms with Crippen molar-refractivity contribution in [2.24, 2.45) is 0 Å². The van der Waals surface area contributed by atoms with Gasteiger partial charge in [-0.15, -0.1) is 0 Å². The first-order chi connectivity index (χ1) is 14.6. The lowest BCUT2D eigenvalue weighted by Crippen LogP contribution is -2.26. The Morgan fingerprint density at radius 3 is 2.19 bits per heavy atom. The van der Waals surface area contributed by atoms with Crippen LogP contribution in [0.3, 0.4) is 0 Å². The highest BCUT2D eigenvalue weighted by molar-refractivity contribution is 7.89. The van der Waals surface area contributed by atoms with Gasteiger partial charge in [0, 0.05) is 19.2 Å². The van der Waals surface area contributed by atoms with Gasteiger partial charge in [0.15, 0.2) is 0 Å². The van der Waals surface area contributed by atoms with Crippen LogP contribution in [0.2, 0.25) is 0 Å². The summed E-state index contributed by atoms with van der Waals surface area (Å²) in [5.41, 5.74) is 2.32. The zero-order chi connectivity index (χ0) is 22.6. The fraction of sp³-hybridized carbons (Fsp3) is 0.292. The van der Waals surface area contributed by atoms with Crippen molar-refractivity contribution in [1.82, 2.24) is 9.62 Å². The molecule has 0 aliphatic carbocycles. The molecule has 3 rings (SSSR count). The number of sulfonamides is 1. The minimum Gasteiger partial charge on any atom is -0.467 e. The Morgan fingerprint density at radius 2 is 1.65 bits per heavy atom. The smallest absolute Gasteiger partial charge is 0.254 e. The van der Waals surface area contributed by atoms with Gasteiger partial charge in [0.1, 0.15) is 5.76 Å². The summed E-state index contributed by atoms with van der Waals surface area (Å²) in [6, 6.07) is 17.4. The van der Waals surface area contributed by atoms with Crippen molar-refractivity contribution in [2.75, 3.05) is 7.05 Å². The summed E-state index contributed by atoms with van der Waals surface area (Å²) in [6.07, 6.45) is 1.57. The lowest BCUT2D eigenvalue weighted by molar-refractivity contribution is 0.0775. The average molecular weight is 441 g/mol. The number of carbonyl (C=O) groups excluding carboxylic acids is 1. The molecule has 0 saturated heterocycles. The van der Waals surface area contributed by atoms with Crippen LogP contribution in [0.5, 0.6) is 0 Å². The standard InChI is InChI=1S/C24H28N2O4S/c1-24(2,3)20-11-13-22(14-12-20)31(28,29)25-16-18-7-9-19(10-8-18)23(27)26(4)17-21-6-5-15-30-21/h5-15,25H,16-17H2,1-4H3.